The van der Waals surface area contributed by atoms with E-state index in [4.69, 9.17) is 23.8 Å². The number of benzene rings is 2. The van der Waals surface area contributed by atoms with E-state index in [1.165, 1.54) is 0 Å². The smallest absolute Gasteiger partial charge is 0.175 e. The number of para-hydroxylation sites is 1. The zero-order valence-electron chi connectivity index (χ0n) is 13.5. The van der Waals surface area contributed by atoms with Crippen molar-refractivity contribution in [3.05, 3.63) is 77.1 Å². The first kappa shape index (κ1) is 16.6. The largest absolute Gasteiger partial charge is 0.331 e. The molecule has 0 amide bonds. The van der Waals surface area contributed by atoms with Gasteiger partial charge in [0.15, 0.2) is 5.11 Å². The minimum atomic E-state index is 0.505. The molecule has 5 heteroatoms. The maximum atomic E-state index is 6.26. The summed E-state index contributed by atoms with van der Waals surface area (Å²) in [6, 6.07) is 16.0. The summed E-state index contributed by atoms with van der Waals surface area (Å²) in [6.07, 6.45) is 4.01. The highest BCUT2D eigenvalue weighted by atomic mass is 35.5. The van der Waals surface area contributed by atoms with Crippen molar-refractivity contribution in [1.29, 1.82) is 0 Å². The van der Waals surface area contributed by atoms with Gasteiger partial charge in [-0.05, 0) is 67.5 Å². The summed E-state index contributed by atoms with van der Waals surface area (Å²) in [5, 5.41) is 7.63. The molecule has 1 heterocycles. The minimum Gasteiger partial charge on any atom is -0.331 e. The third kappa shape index (κ3) is 3.61. The molecule has 0 aliphatic rings. The van der Waals surface area contributed by atoms with Crippen LogP contribution in [-0.2, 0) is 0 Å². The molecule has 2 N–H and O–H groups in total. The Hall–Kier alpha value is -2.30. The number of aryl methyl sites for hydroxylation is 2. The lowest BCUT2D eigenvalue weighted by atomic mass is 10.2. The van der Waals surface area contributed by atoms with Gasteiger partial charge in [-0.15, -0.1) is 0 Å². The Morgan fingerprint density at radius 2 is 1.75 bits per heavy atom. The Morgan fingerprint density at radius 1 is 1.00 bits per heavy atom. The molecule has 2 aromatic carbocycles. The van der Waals surface area contributed by atoms with Crippen LogP contribution >= 0.6 is 23.8 Å². The topological polar surface area (TPSA) is 29.0 Å². The van der Waals surface area contributed by atoms with Gasteiger partial charge in [-0.3, -0.25) is 0 Å². The van der Waals surface area contributed by atoms with Crippen LogP contribution in [0.5, 0.6) is 0 Å². The highest BCUT2D eigenvalue weighted by Gasteiger charge is 2.09. The van der Waals surface area contributed by atoms with Crippen LogP contribution in [0.15, 0.2) is 60.9 Å². The van der Waals surface area contributed by atoms with Crippen molar-refractivity contribution in [2.24, 2.45) is 0 Å². The van der Waals surface area contributed by atoms with E-state index in [2.05, 4.69) is 35.8 Å². The number of nitrogens with zero attached hydrogens (tertiary/aromatic N) is 1. The highest BCUT2D eigenvalue weighted by molar-refractivity contribution is 7.80. The zero-order valence-corrected chi connectivity index (χ0v) is 15.1. The van der Waals surface area contributed by atoms with Gasteiger partial charge >= 0.3 is 0 Å². The van der Waals surface area contributed by atoms with Crippen molar-refractivity contribution < 1.29 is 0 Å². The van der Waals surface area contributed by atoms with Crippen molar-refractivity contribution in [2.75, 3.05) is 10.6 Å². The summed E-state index contributed by atoms with van der Waals surface area (Å²) in [4.78, 5) is 0. The molecule has 0 radical (unpaired) electrons. The second kappa shape index (κ2) is 7.07. The normalized spacial score (nSPS) is 10.5. The lowest BCUT2D eigenvalue weighted by Crippen LogP contribution is -2.21. The monoisotopic (exact) mass is 355 g/mol. The molecule has 0 aliphatic carbocycles. The van der Waals surface area contributed by atoms with Crippen LogP contribution in [0.4, 0.5) is 11.4 Å². The molecule has 0 aliphatic heterocycles. The molecule has 3 aromatic rings. The molecule has 3 nitrogen and oxygen atoms in total. The Kier molecular flexibility index (Phi) is 4.88. The van der Waals surface area contributed by atoms with Crippen LogP contribution in [0.25, 0.3) is 5.69 Å². The molecule has 0 atom stereocenters. The van der Waals surface area contributed by atoms with Gasteiger partial charge in [0.25, 0.3) is 0 Å². The van der Waals surface area contributed by atoms with Crippen molar-refractivity contribution in [1.82, 2.24) is 4.57 Å². The number of thiocarbonyl (C=S) groups is 1. The number of hydrogen-bond donors (Lipinski definition) is 2. The summed E-state index contributed by atoms with van der Waals surface area (Å²) in [6.45, 7) is 4.05. The first-order chi connectivity index (χ1) is 11.5. The molecule has 1 aromatic heterocycles. The number of halogens is 1. The molecule has 0 unspecified atom stereocenters. The van der Waals surface area contributed by atoms with Gasteiger partial charge in [0.1, 0.15) is 0 Å². The van der Waals surface area contributed by atoms with Crippen LogP contribution in [0.3, 0.4) is 0 Å². The van der Waals surface area contributed by atoms with Gasteiger partial charge in [0, 0.05) is 12.4 Å². The fourth-order valence-corrected chi connectivity index (χ4v) is 3.01. The third-order valence-electron chi connectivity index (χ3n) is 3.74. The molecular weight excluding hydrogens is 338 g/mol. The maximum absolute atomic E-state index is 6.26. The summed E-state index contributed by atoms with van der Waals surface area (Å²) >= 11 is 11.7. The average Bonchev–Trinajstić information content (AvgIpc) is 3.05. The van der Waals surface area contributed by atoms with E-state index in [1.54, 1.807) is 0 Å². The summed E-state index contributed by atoms with van der Waals surface area (Å²) < 4.78 is 2.05. The van der Waals surface area contributed by atoms with Crippen molar-refractivity contribution in [3.63, 3.8) is 0 Å². The summed E-state index contributed by atoms with van der Waals surface area (Å²) in [5.41, 5.74) is 5.00. The quantitative estimate of drug-likeness (QED) is 0.603. The van der Waals surface area contributed by atoms with Gasteiger partial charge in [-0.25, -0.2) is 0 Å². The van der Waals surface area contributed by atoms with Crippen molar-refractivity contribution in [2.45, 2.75) is 13.8 Å². The van der Waals surface area contributed by atoms with E-state index in [1.807, 2.05) is 54.2 Å². The molecule has 24 heavy (non-hydrogen) atoms. The predicted octanol–water partition coefficient (Wildman–Crippen LogP) is 5.56. The Balaban J connectivity index is 1.86. The minimum absolute atomic E-state index is 0.505. The average molecular weight is 356 g/mol. The first-order valence-corrected chi connectivity index (χ1v) is 8.40. The number of nitrogens with one attached hydrogen (secondary N) is 2. The Labute approximate surface area is 152 Å². The van der Waals surface area contributed by atoms with Crippen LogP contribution in [0.1, 0.15) is 11.1 Å². The van der Waals surface area contributed by atoms with E-state index >= 15 is 0 Å². The molecule has 0 fully saturated rings. The lowest BCUT2D eigenvalue weighted by molar-refractivity contribution is 1.08. The van der Waals surface area contributed by atoms with E-state index in [9.17, 15) is 0 Å². The lowest BCUT2D eigenvalue weighted by Gasteiger charge is -2.17. The van der Waals surface area contributed by atoms with E-state index in [-0.39, 0.29) is 0 Å². The van der Waals surface area contributed by atoms with Gasteiger partial charge < -0.3 is 15.2 Å². The van der Waals surface area contributed by atoms with Crippen LogP contribution < -0.4 is 10.6 Å². The molecule has 3 rings (SSSR count). The predicted molar refractivity (Wildman–Crippen MR) is 107 cm³/mol. The van der Waals surface area contributed by atoms with Crippen molar-refractivity contribution in [3.8, 4) is 5.69 Å². The maximum Gasteiger partial charge on any atom is 0.175 e. The Bertz CT molecular complexity index is 852. The van der Waals surface area contributed by atoms with Crippen LogP contribution in [0, 0.1) is 13.8 Å². The fraction of sp³-hybridized carbons (Fsp3) is 0.105. The first-order valence-electron chi connectivity index (χ1n) is 7.62. The standard InChI is InChI=1S/C19H18ClN3S/c1-13-8-9-17(23-10-3-4-11-23)16(12-13)21-19(24)22-18-14(2)6-5-7-15(18)20/h3-12H,1-2H3,(H2,21,22,24). The molecule has 0 saturated carbocycles. The van der Waals surface area contributed by atoms with Gasteiger partial charge in [0.05, 0.1) is 22.1 Å². The van der Waals surface area contributed by atoms with Crippen molar-refractivity contribution >= 4 is 40.3 Å². The molecule has 0 spiro atoms. The third-order valence-corrected chi connectivity index (χ3v) is 4.26. The number of aromatic nitrogens is 1. The number of rotatable bonds is 3. The van der Waals surface area contributed by atoms with Gasteiger partial charge in [-0.1, -0.05) is 29.8 Å². The van der Waals surface area contributed by atoms with E-state index in [0.717, 1.165) is 28.2 Å². The second-order valence-electron chi connectivity index (χ2n) is 5.62. The summed E-state index contributed by atoms with van der Waals surface area (Å²) in [7, 11) is 0. The van der Waals surface area contributed by atoms with Crippen LogP contribution in [0.2, 0.25) is 5.02 Å². The number of hydrogen-bond acceptors (Lipinski definition) is 1. The molecule has 0 bridgehead atoms. The van der Waals surface area contributed by atoms with Crippen LogP contribution in [-0.4, -0.2) is 9.68 Å². The van der Waals surface area contributed by atoms with Gasteiger partial charge in [0.2, 0.25) is 0 Å². The summed E-state index contributed by atoms with van der Waals surface area (Å²) in [5.74, 6) is 0. The molecule has 122 valence electrons. The second-order valence-corrected chi connectivity index (χ2v) is 6.44. The molecular formula is C19H18ClN3S. The number of anilines is 2. The highest BCUT2D eigenvalue weighted by Crippen LogP contribution is 2.26. The Morgan fingerprint density at radius 3 is 2.46 bits per heavy atom. The van der Waals surface area contributed by atoms with E-state index < -0.39 is 0 Å². The zero-order chi connectivity index (χ0) is 17.1. The fourth-order valence-electron chi connectivity index (χ4n) is 2.53. The van der Waals surface area contributed by atoms with Gasteiger partial charge in [-0.2, -0.15) is 0 Å². The SMILES string of the molecule is Cc1ccc(-n2cccc2)c(NC(=S)Nc2c(C)cccc2Cl)c1. The van der Waals surface area contributed by atoms with E-state index in [0.29, 0.717) is 10.1 Å². The molecule has 0 saturated heterocycles.